The molecule has 8 nitrogen and oxygen atoms in total. The molecule has 0 aromatic heterocycles. The lowest BCUT2D eigenvalue weighted by atomic mass is 9.77. The standard InChI is InChI=1S/C26H37N3O5/c1-3-34-23(31)7-5-4-6-15-27-25(33)29-18-14-26(19-29)12-16-28(17-13-26)24(32)22-10-8-21(9-11-22)20(2)30/h8-11H,3-7,12-19H2,1-2H3,(H,27,33). The minimum Gasteiger partial charge on any atom is -0.466 e. The Bertz CT molecular complexity index is 875. The Morgan fingerprint density at radius 3 is 2.15 bits per heavy atom. The van der Waals surface area contributed by atoms with Crippen LogP contribution in [0.2, 0.25) is 0 Å². The van der Waals surface area contributed by atoms with E-state index in [0.29, 0.717) is 43.8 Å². The van der Waals surface area contributed by atoms with Gasteiger partial charge in [-0.25, -0.2) is 4.79 Å². The zero-order valence-electron chi connectivity index (χ0n) is 20.4. The molecule has 0 unspecified atom stereocenters. The van der Waals surface area contributed by atoms with Crippen molar-refractivity contribution in [3.63, 3.8) is 0 Å². The molecule has 8 heteroatoms. The highest BCUT2D eigenvalue weighted by molar-refractivity contribution is 5.97. The first kappa shape index (κ1) is 25.7. The number of rotatable bonds is 9. The van der Waals surface area contributed by atoms with Gasteiger partial charge in [0.25, 0.3) is 5.91 Å². The molecule has 3 rings (SSSR count). The van der Waals surface area contributed by atoms with E-state index in [1.54, 1.807) is 31.2 Å². The van der Waals surface area contributed by atoms with Crippen LogP contribution < -0.4 is 5.32 Å². The van der Waals surface area contributed by atoms with E-state index in [0.717, 1.165) is 51.6 Å². The maximum Gasteiger partial charge on any atom is 0.317 e. The van der Waals surface area contributed by atoms with Crippen LogP contribution in [-0.4, -0.2) is 72.8 Å². The van der Waals surface area contributed by atoms with Crippen molar-refractivity contribution in [3.05, 3.63) is 35.4 Å². The summed E-state index contributed by atoms with van der Waals surface area (Å²) in [5.74, 6) is -0.171. The number of amides is 3. The molecule has 34 heavy (non-hydrogen) atoms. The average molecular weight is 472 g/mol. The van der Waals surface area contributed by atoms with Gasteiger partial charge in [-0.3, -0.25) is 14.4 Å². The molecule has 0 saturated carbocycles. The first-order valence-electron chi connectivity index (χ1n) is 12.4. The van der Waals surface area contributed by atoms with Crippen molar-refractivity contribution in [3.8, 4) is 0 Å². The Balaban J connectivity index is 1.37. The van der Waals surface area contributed by atoms with Crippen LogP contribution >= 0.6 is 0 Å². The average Bonchev–Trinajstić information content (AvgIpc) is 3.25. The van der Waals surface area contributed by atoms with E-state index in [-0.39, 0.29) is 29.1 Å². The summed E-state index contributed by atoms with van der Waals surface area (Å²) in [6, 6.07) is 6.83. The summed E-state index contributed by atoms with van der Waals surface area (Å²) in [4.78, 5) is 52.0. The maximum absolute atomic E-state index is 12.9. The Morgan fingerprint density at radius 1 is 0.912 bits per heavy atom. The van der Waals surface area contributed by atoms with Crippen molar-refractivity contribution in [2.45, 2.75) is 58.8 Å². The molecular formula is C26H37N3O5. The highest BCUT2D eigenvalue weighted by atomic mass is 16.5. The number of likely N-dealkylation sites (tertiary alicyclic amines) is 2. The predicted octanol–water partition coefficient (Wildman–Crippen LogP) is 3.65. The zero-order chi connectivity index (χ0) is 24.6. The van der Waals surface area contributed by atoms with E-state index in [9.17, 15) is 19.2 Å². The molecule has 2 heterocycles. The van der Waals surface area contributed by atoms with Crippen LogP contribution in [-0.2, 0) is 9.53 Å². The van der Waals surface area contributed by atoms with E-state index >= 15 is 0 Å². The van der Waals surface area contributed by atoms with Gasteiger partial charge in [0.05, 0.1) is 6.61 Å². The zero-order valence-corrected chi connectivity index (χ0v) is 20.4. The highest BCUT2D eigenvalue weighted by Crippen LogP contribution is 2.40. The Hall–Kier alpha value is -2.90. The van der Waals surface area contributed by atoms with Crippen molar-refractivity contribution in [2.24, 2.45) is 5.41 Å². The number of hydrogen-bond donors (Lipinski definition) is 1. The number of ether oxygens (including phenoxy) is 1. The number of piperidine rings is 1. The van der Waals surface area contributed by atoms with Gasteiger partial charge in [0, 0.05) is 50.3 Å². The third-order valence-electron chi connectivity index (χ3n) is 7.01. The van der Waals surface area contributed by atoms with Gasteiger partial charge in [0.1, 0.15) is 0 Å². The molecule has 0 atom stereocenters. The number of nitrogens with zero attached hydrogens (tertiary/aromatic N) is 2. The molecule has 2 saturated heterocycles. The number of urea groups is 1. The number of hydrogen-bond acceptors (Lipinski definition) is 5. The Labute approximate surface area is 202 Å². The predicted molar refractivity (Wildman–Crippen MR) is 129 cm³/mol. The summed E-state index contributed by atoms with van der Waals surface area (Å²) >= 11 is 0. The minimum absolute atomic E-state index is 0.000467. The summed E-state index contributed by atoms with van der Waals surface area (Å²) in [5, 5.41) is 3.00. The number of nitrogens with one attached hydrogen (secondary N) is 1. The van der Waals surface area contributed by atoms with Gasteiger partial charge < -0.3 is 19.9 Å². The molecule has 186 valence electrons. The molecular weight excluding hydrogens is 434 g/mol. The normalized spacial score (nSPS) is 17.0. The number of unbranched alkanes of at least 4 members (excludes halogenated alkanes) is 2. The fourth-order valence-electron chi connectivity index (χ4n) is 4.84. The first-order valence-corrected chi connectivity index (χ1v) is 12.4. The lowest BCUT2D eigenvalue weighted by molar-refractivity contribution is -0.143. The molecule has 2 aliphatic rings. The fourth-order valence-corrected chi connectivity index (χ4v) is 4.84. The molecule has 1 aromatic carbocycles. The van der Waals surface area contributed by atoms with E-state index in [1.165, 1.54) is 6.92 Å². The smallest absolute Gasteiger partial charge is 0.317 e. The van der Waals surface area contributed by atoms with Gasteiger partial charge in [-0.2, -0.15) is 0 Å². The third-order valence-corrected chi connectivity index (χ3v) is 7.01. The highest BCUT2D eigenvalue weighted by Gasteiger charge is 2.42. The second-order valence-electron chi connectivity index (χ2n) is 9.44. The molecule has 2 aliphatic heterocycles. The number of Topliss-reactive ketones (excluding diaryl/α,β-unsaturated/α-hetero) is 1. The van der Waals surface area contributed by atoms with Crippen molar-refractivity contribution in [1.29, 1.82) is 0 Å². The molecule has 0 radical (unpaired) electrons. The third kappa shape index (κ3) is 6.81. The van der Waals surface area contributed by atoms with Crippen molar-refractivity contribution >= 4 is 23.7 Å². The number of esters is 1. The summed E-state index contributed by atoms with van der Waals surface area (Å²) in [6.07, 6.45) is 5.68. The summed E-state index contributed by atoms with van der Waals surface area (Å²) < 4.78 is 4.91. The van der Waals surface area contributed by atoms with Crippen molar-refractivity contribution in [2.75, 3.05) is 39.3 Å². The SMILES string of the molecule is CCOC(=O)CCCCCNC(=O)N1CCC2(CCN(C(=O)c3ccc(C(C)=O)cc3)CC2)C1. The van der Waals surface area contributed by atoms with E-state index in [1.807, 2.05) is 9.80 Å². The second-order valence-corrected chi connectivity index (χ2v) is 9.44. The molecule has 1 spiro atoms. The minimum atomic E-state index is -0.160. The largest absolute Gasteiger partial charge is 0.466 e. The molecule has 3 amide bonds. The maximum atomic E-state index is 12.9. The summed E-state index contributed by atoms with van der Waals surface area (Å²) in [5.41, 5.74) is 1.30. The quantitative estimate of drug-likeness (QED) is 0.337. The van der Waals surface area contributed by atoms with Crippen LogP contribution in [0.1, 0.15) is 79.5 Å². The molecule has 1 N–H and O–H groups in total. The number of carbonyl (C=O) groups is 4. The van der Waals surface area contributed by atoms with Crippen LogP contribution in [0.3, 0.4) is 0 Å². The lowest BCUT2D eigenvalue weighted by Crippen LogP contribution is -2.45. The van der Waals surface area contributed by atoms with Crippen LogP contribution in [0.4, 0.5) is 4.79 Å². The number of ketones is 1. The van der Waals surface area contributed by atoms with Gasteiger partial charge in [0.15, 0.2) is 5.78 Å². The van der Waals surface area contributed by atoms with Crippen LogP contribution in [0.25, 0.3) is 0 Å². The summed E-state index contributed by atoms with van der Waals surface area (Å²) in [6.45, 7) is 7.18. The van der Waals surface area contributed by atoms with Crippen molar-refractivity contribution < 1.29 is 23.9 Å². The lowest BCUT2D eigenvalue weighted by Gasteiger charge is -2.39. The van der Waals surface area contributed by atoms with Gasteiger partial charge in [-0.15, -0.1) is 0 Å². The monoisotopic (exact) mass is 471 g/mol. The van der Waals surface area contributed by atoms with E-state index in [2.05, 4.69) is 5.32 Å². The Kier molecular flexibility index (Phi) is 9.07. The topological polar surface area (TPSA) is 96.0 Å². The number of carbonyl (C=O) groups excluding carboxylic acids is 4. The van der Waals surface area contributed by atoms with E-state index in [4.69, 9.17) is 4.74 Å². The molecule has 0 bridgehead atoms. The summed E-state index contributed by atoms with van der Waals surface area (Å²) in [7, 11) is 0. The number of benzene rings is 1. The Morgan fingerprint density at radius 2 is 1.53 bits per heavy atom. The van der Waals surface area contributed by atoms with Gasteiger partial charge in [-0.1, -0.05) is 18.6 Å². The fraction of sp³-hybridized carbons (Fsp3) is 0.615. The van der Waals surface area contributed by atoms with Crippen LogP contribution in [0, 0.1) is 5.41 Å². The second kappa shape index (κ2) is 12.0. The van der Waals surface area contributed by atoms with Gasteiger partial charge in [0.2, 0.25) is 0 Å². The molecule has 1 aromatic rings. The van der Waals surface area contributed by atoms with Crippen LogP contribution in [0.5, 0.6) is 0 Å². The van der Waals surface area contributed by atoms with E-state index < -0.39 is 0 Å². The van der Waals surface area contributed by atoms with Crippen LogP contribution in [0.15, 0.2) is 24.3 Å². The van der Waals surface area contributed by atoms with Gasteiger partial charge >= 0.3 is 12.0 Å². The van der Waals surface area contributed by atoms with Crippen molar-refractivity contribution in [1.82, 2.24) is 15.1 Å². The first-order chi connectivity index (χ1) is 16.3. The van der Waals surface area contributed by atoms with Gasteiger partial charge in [-0.05, 0) is 63.5 Å². The molecule has 2 fully saturated rings. The molecule has 0 aliphatic carbocycles.